The van der Waals surface area contributed by atoms with Gasteiger partial charge in [0.1, 0.15) is 6.04 Å². The number of hydrogen-bond acceptors (Lipinski definition) is 7. The molecule has 0 bridgehead atoms. The van der Waals surface area contributed by atoms with Gasteiger partial charge in [0, 0.05) is 53.1 Å². The number of aryl methyl sites for hydroxylation is 1. The molecule has 0 saturated carbocycles. The highest BCUT2D eigenvalue weighted by Gasteiger charge is 2.33. The molecule has 2 unspecified atom stereocenters. The van der Waals surface area contributed by atoms with E-state index in [1.165, 1.54) is 6.92 Å². The Morgan fingerprint density at radius 2 is 1.79 bits per heavy atom. The van der Waals surface area contributed by atoms with Crippen molar-refractivity contribution in [3.05, 3.63) is 79.5 Å². The van der Waals surface area contributed by atoms with Crippen LogP contribution >= 0.6 is 15.9 Å². The van der Waals surface area contributed by atoms with E-state index in [1.54, 1.807) is 33.5 Å². The second-order valence-corrected chi connectivity index (χ2v) is 13.6. The van der Waals surface area contributed by atoms with Gasteiger partial charge in [0.25, 0.3) is 0 Å². The quantitative estimate of drug-likeness (QED) is 0.201. The van der Waals surface area contributed by atoms with E-state index in [2.05, 4.69) is 37.6 Å². The molecule has 2 heterocycles. The number of H-pyrrole nitrogens is 1. The van der Waals surface area contributed by atoms with Crippen molar-refractivity contribution in [3.63, 3.8) is 0 Å². The van der Waals surface area contributed by atoms with Gasteiger partial charge in [0.2, 0.25) is 23.0 Å². The van der Waals surface area contributed by atoms with Crippen LogP contribution in [0.2, 0.25) is 0 Å². The fourth-order valence-electron chi connectivity index (χ4n) is 7.10. The third-order valence-electron chi connectivity index (χ3n) is 9.43. The number of carbonyl (C=O) groups excluding carboxylic acids is 2. The van der Waals surface area contributed by atoms with Crippen LogP contribution in [0, 0.1) is 5.92 Å². The van der Waals surface area contributed by atoms with Gasteiger partial charge in [-0.1, -0.05) is 32.0 Å². The maximum Gasteiger partial charge on any atom is 0.245 e. The minimum Gasteiger partial charge on any atom is -0.493 e. The van der Waals surface area contributed by atoms with Gasteiger partial charge in [-0.25, -0.2) is 0 Å². The van der Waals surface area contributed by atoms with Crippen molar-refractivity contribution in [2.75, 3.05) is 33.2 Å². The molecule has 1 aliphatic carbocycles. The maximum absolute atomic E-state index is 14.2. The highest BCUT2D eigenvalue weighted by Crippen LogP contribution is 2.50. The van der Waals surface area contributed by atoms with Crippen molar-refractivity contribution >= 4 is 44.3 Å². The average molecular weight is 718 g/mol. The van der Waals surface area contributed by atoms with Crippen molar-refractivity contribution in [2.45, 2.75) is 58.7 Å². The van der Waals surface area contributed by atoms with E-state index in [0.29, 0.717) is 60.9 Å². The number of fused-ring (bicyclic) bond motifs is 6. The Hall–Kier alpha value is -4.51. The molecule has 6 rings (SSSR count). The molecule has 48 heavy (non-hydrogen) atoms. The Kier molecular flexibility index (Phi) is 9.42. The van der Waals surface area contributed by atoms with Gasteiger partial charge in [-0.05, 0) is 75.6 Å². The summed E-state index contributed by atoms with van der Waals surface area (Å²) in [5, 5.41) is 7.48. The molecule has 3 aromatic carbocycles. The molecule has 3 N–H and O–H groups in total. The van der Waals surface area contributed by atoms with E-state index in [9.17, 15) is 14.4 Å². The molecular weight excluding hydrogens is 676 g/mol. The Morgan fingerprint density at radius 1 is 1.02 bits per heavy atom. The number of aromatic amines is 1. The first-order chi connectivity index (χ1) is 23.1. The number of rotatable bonds is 8. The summed E-state index contributed by atoms with van der Waals surface area (Å²) in [6, 6.07) is 12.1. The second kappa shape index (κ2) is 13.5. The lowest BCUT2D eigenvalue weighted by Crippen LogP contribution is -2.47. The fourth-order valence-corrected chi connectivity index (χ4v) is 7.56. The molecular formula is C37H41BrN4O6. The molecule has 252 valence electrons. The van der Waals surface area contributed by atoms with E-state index in [1.807, 2.05) is 43.0 Å². The van der Waals surface area contributed by atoms with Crippen LogP contribution in [0.5, 0.6) is 17.2 Å². The molecule has 1 aliphatic heterocycles. The van der Waals surface area contributed by atoms with Crippen LogP contribution in [0.25, 0.3) is 22.0 Å². The first kappa shape index (κ1) is 33.4. The van der Waals surface area contributed by atoms with Crippen LogP contribution in [0.1, 0.15) is 55.6 Å². The monoisotopic (exact) mass is 716 g/mol. The Balaban J connectivity index is 1.40. The number of nitrogens with one attached hydrogen (secondary N) is 3. The Bertz CT molecular complexity index is 1970. The van der Waals surface area contributed by atoms with E-state index < -0.39 is 12.1 Å². The first-order valence-corrected chi connectivity index (χ1v) is 17.0. The van der Waals surface area contributed by atoms with Crippen molar-refractivity contribution in [2.24, 2.45) is 5.92 Å². The molecule has 11 heteroatoms. The molecule has 0 saturated heterocycles. The van der Waals surface area contributed by atoms with Crippen molar-refractivity contribution in [1.29, 1.82) is 0 Å². The van der Waals surface area contributed by atoms with Gasteiger partial charge in [-0.15, -0.1) is 0 Å². The average Bonchev–Trinajstić information content (AvgIpc) is 3.29. The SMILES string of the molecule is COc1cc2c(c(OC)c1OC)-c1ccc(NC(C(=O)N3CCc4[nH]c5c(Br)cccc5c4C3)C(C)C)c(=O)cc1C(NC(C)=O)CC2. The maximum atomic E-state index is 14.2. The van der Waals surface area contributed by atoms with Crippen molar-refractivity contribution < 1.29 is 23.8 Å². The standard InChI is InChI=1S/C37H41BrN4O6/c1-19(2)33(37(45)42-15-14-28-25(18-42)23-8-7-9-26(38)34(23)40-28)41-29-13-11-22-24(17-30(29)44)27(39-20(3)43)12-10-21-16-31(46-4)35(47-5)36(48-6)32(21)22/h7-9,11,13,16-17,19,27,33,40H,10,12,14-15,18H2,1-6H3,(H,39,43)(H,41,44). The van der Waals surface area contributed by atoms with Gasteiger partial charge in [0.15, 0.2) is 11.5 Å². The highest BCUT2D eigenvalue weighted by atomic mass is 79.9. The number of halogens is 1. The molecule has 0 fully saturated rings. The topological polar surface area (TPSA) is 122 Å². The molecule has 2 aliphatic rings. The van der Waals surface area contributed by atoms with Gasteiger partial charge in [0.05, 0.1) is 38.6 Å². The third kappa shape index (κ3) is 6.00. The van der Waals surface area contributed by atoms with Crippen LogP contribution in [0.4, 0.5) is 5.69 Å². The number of para-hydroxylation sites is 1. The summed E-state index contributed by atoms with van der Waals surface area (Å²) < 4.78 is 18.2. The number of nitrogens with zero attached hydrogens (tertiary/aromatic N) is 1. The molecule has 10 nitrogen and oxygen atoms in total. The predicted molar refractivity (Wildman–Crippen MR) is 190 cm³/mol. The fraction of sp³-hybridized carbons (Fsp3) is 0.378. The first-order valence-electron chi connectivity index (χ1n) is 16.2. The highest BCUT2D eigenvalue weighted by molar-refractivity contribution is 9.10. The van der Waals surface area contributed by atoms with Gasteiger partial charge >= 0.3 is 0 Å². The number of ether oxygens (including phenoxy) is 3. The largest absolute Gasteiger partial charge is 0.493 e. The number of hydrogen-bond donors (Lipinski definition) is 3. The lowest BCUT2D eigenvalue weighted by molar-refractivity contribution is -0.133. The molecule has 0 spiro atoms. The zero-order valence-electron chi connectivity index (χ0n) is 28.1. The lowest BCUT2D eigenvalue weighted by Gasteiger charge is -2.32. The molecule has 0 radical (unpaired) electrons. The van der Waals surface area contributed by atoms with Gasteiger partial charge in [-0.2, -0.15) is 0 Å². The van der Waals surface area contributed by atoms with E-state index in [-0.39, 0.29) is 23.2 Å². The number of aromatic nitrogens is 1. The summed E-state index contributed by atoms with van der Waals surface area (Å²) in [6.45, 7) is 6.48. The summed E-state index contributed by atoms with van der Waals surface area (Å²) in [5.74, 6) is 1.08. The molecule has 4 aromatic rings. The van der Waals surface area contributed by atoms with E-state index >= 15 is 0 Å². The normalized spacial score (nSPS) is 15.9. The Labute approximate surface area is 288 Å². The summed E-state index contributed by atoms with van der Waals surface area (Å²) >= 11 is 3.64. The van der Waals surface area contributed by atoms with Crippen LogP contribution in [-0.4, -0.2) is 55.6 Å². The number of methoxy groups -OCH3 is 3. The zero-order chi connectivity index (χ0) is 34.3. The number of amides is 2. The van der Waals surface area contributed by atoms with Crippen LogP contribution < -0.4 is 30.3 Å². The summed E-state index contributed by atoms with van der Waals surface area (Å²) in [4.78, 5) is 45.9. The lowest BCUT2D eigenvalue weighted by atomic mass is 9.95. The van der Waals surface area contributed by atoms with Crippen LogP contribution in [0.3, 0.4) is 0 Å². The second-order valence-electron chi connectivity index (χ2n) is 12.7. The van der Waals surface area contributed by atoms with Crippen molar-refractivity contribution in [1.82, 2.24) is 15.2 Å². The summed E-state index contributed by atoms with van der Waals surface area (Å²) in [6.07, 6.45) is 1.87. The third-order valence-corrected chi connectivity index (χ3v) is 10.1. The minimum absolute atomic E-state index is 0.0626. The van der Waals surface area contributed by atoms with E-state index in [0.717, 1.165) is 43.3 Å². The molecule has 1 aromatic heterocycles. The van der Waals surface area contributed by atoms with Crippen molar-refractivity contribution in [3.8, 4) is 28.4 Å². The van der Waals surface area contributed by atoms with Gasteiger partial charge < -0.3 is 34.7 Å². The van der Waals surface area contributed by atoms with Crippen LogP contribution in [-0.2, 0) is 29.0 Å². The smallest absolute Gasteiger partial charge is 0.245 e. The minimum atomic E-state index is -0.643. The zero-order valence-corrected chi connectivity index (χ0v) is 29.7. The Morgan fingerprint density at radius 3 is 2.48 bits per heavy atom. The molecule has 2 atom stereocenters. The number of anilines is 1. The van der Waals surface area contributed by atoms with Crippen LogP contribution in [0.15, 0.2) is 51.7 Å². The number of carbonyl (C=O) groups is 2. The van der Waals surface area contributed by atoms with E-state index in [4.69, 9.17) is 14.2 Å². The number of benzene rings is 2. The van der Waals surface area contributed by atoms with Gasteiger partial charge in [-0.3, -0.25) is 14.4 Å². The summed E-state index contributed by atoms with van der Waals surface area (Å²) in [7, 11) is 4.70. The predicted octanol–water partition coefficient (Wildman–Crippen LogP) is 6.13. The molecule has 2 amide bonds. The summed E-state index contributed by atoms with van der Waals surface area (Å²) in [5.41, 5.74) is 6.42.